The molecule has 2 rings (SSSR count). The molecule has 0 N–H and O–H groups in total. The van der Waals surface area contributed by atoms with Crippen molar-refractivity contribution in [3.05, 3.63) is 77.4 Å². The van der Waals surface area contributed by atoms with Crippen molar-refractivity contribution in [2.24, 2.45) is 4.99 Å². The monoisotopic (exact) mass is 249 g/mol. The van der Waals surface area contributed by atoms with E-state index in [4.69, 9.17) is 0 Å². The van der Waals surface area contributed by atoms with Crippen LogP contribution in [0.25, 0.3) is 5.57 Å². The van der Waals surface area contributed by atoms with Crippen molar-refractivity contribution in [2.45, 2.75) is 13.8 Å². The topological polar surface area (TPSA) is 12.4 Å². The fourth-order valence-corrected chi connectivity index (χ4v) is 1.99. The predicted molar refractivity (Wildman–Crippen MR) is 83.7 cm³/mol. The van der Waals surface area contributed by atoms with Crippen molar-refractivity contribution in [1.82, 2.24) is 0 Å². The van der Waals surface area contributed by atoms with Crippen LogP contribution >= 0.6 is 0 Å². The number of aliphatic imine (C=N–C) groups is 1. The average Bonchev–Trinajstić information content (AvgIpc) is 2.46. The lowest BCUT2D eigenvalue weighted by Gasteiger charge is -2.05. The van der Waals surface area contributed by atoms with Crippen molar-refractivity contribution < 1.29 is 0 Å². The molecular formula is C18H19N. The van der Waals surface area contributed by atoms with Crippen LogP contribution in [0.15, 0.2) is 65.7 Å². The highest BCUT2D eigenvalue weighted by molar-refractivity contribution is 6.12. The summed E-state index contributed by atoms with van der Waals surface area (Å²) in [5, 5.41) is 0. The summed E-state index contributed by atoms with van der Waals surface area (Å²) < 4.78 is 0. The molecule has 0 bridgehead atoms. The number of hydrogen-bond donors (Lipinski definition) is 0. The van der Waals surface area contributed by atoms with Crippen molar-refractivity contribution in [3.8, 4) is 0 Å². The quantitative estimate of drug-likeness (QED) is 0.709. The van der Waals surface area contributed by atoms with E-state index in [0.29, 0.717) is 0 Å². The van der Waals surface area contributed by atoms with Crippen LogP contribution in [0.4, 0.5) is 0 Å². The fraction of sp³-hybridized carbons (Fsp3) is 0.167. The second kappa shape index (κ2) is 6.14. The summed E-state index contributed by atoms with van der Waals surface area (Å²) in [6, 6.07) is 18.8. The van der Waals surface area contributed by atoms with Crippen LogP contribution in [-0.2, 0) is 0 Å². The summed E-state index contributed by atoms with van der Waals surface area (Å²) in [5.41, 5.74) is 5.91. The van der Waals surface area contributed by atoms with Gasteiger partial charge in [0.05, 0.1) is 5.71 Å². The number of nitrogens with zero attached hydrogens (tertiary/aromatic N) is 1. The summed E-state index contributed by atoms with van der Waals surface area (Å²) in [6.45, 7) is 4.23. The zero-order valence-corrected chi connectivity index (χ0v) is 11.7. The third kappa shape index (κ3) is 3.41. The van der Waals surface area contributed by atoms with Gasteiger partial charge in [0.2, 0.25) is 0 Å². The van der Waals surface area contributed by atoms with Gasteiger partial charge in [-0.2, -0.15) is 0 Å². The molecule has 0 spiro atoms. The summed E-state index contributed by atoms with van der Waals surface area (Å²) in [5.74, 6) is 0. The molecule has 0 aromatic heterocycles. The maximum Gasteiger partial charge on any atom is 0.0646 e. The van der Waals surface area contributed by atoms with E-state index >= 15 is 0 Å². The Morgan fingerprint density at radius 2 is 1.53 bits per heavy atom. The maximum absolute atomic E-state index is 4.38. The van der Waals surface area contributed by atoms with Crippen LogP contribution in [0, 0.1) is 6.92 Å². The molecule has 1 heteroatoms. The van der Waals surface area contributed by atoms with E-state index in [1.54, 1.807) is 0 Å². The molecule has 0 radical (unpaired) electrons. The van der Waals surface area contributed by atoms with Gasteiger partial charge in [0.15, 0.2) is 0 Å². The average molecular weight is 249 g/mol. The van der Waals surface area contributed by atoms with Crippen molar-refractivity contribution in [1.29, 1.82) is 0 Å². The van der Waals surface area contributed by atoms with E-state index in [9.17, 15) is 0 Å². The highest BCUT2D eigenvalue weighted by atomic mass is 14.7. The highest BCUT2D eigenvalue weighted by Crippen LogP contribution is 2.16. The molecule has 0 heterocycles. The van der Waals surface area contributed by atoms with Gasteiger partial charge in [-0.1, -0.05) is 60.2 Å². The molecule has 2 aromatic carbocycles. The van der Waals surface area contributed by atoms with E-state index in [-0.39, 0.29) is 0 Å². The second-order valence-corrected chi connectivity index (χ2v) is 4.67. The predicted octanol–water partition coefficient (Wildman–Crippen LogP) is 4.52. The van der Waals surface area contributed by atoms with Crippen LogP contribution in [-0.4, -0.2) is 12.8 Å². The lowest BCUT2D eigenvalue weighted by Crippen LogP contribution is -1.97. The first kappa shape index (κ1) is 13.3. The number of hydrogen-bond acceptors (Lipinski definition) is 1. The molecule has 1 nitrogen and oxygen atoms in total. The molecule has 0 unspecified atom stereocenters. The lowest BCUT2D eigenvalue weighted by atomic mass is 10.0. The molecule has 0 fully saturated rings. The van der Waals surface area contributed by atoms with Crippen molar-refractivity contribution >= 4 is 11.3 Å². The van der Waals surface area contributed by atoms with Crippen LogP contribution < -0.4 is 0 Å². The van der Waals surface area contributed by atoms with Crippen molar-refractivity contribution in [2.75, 3.05) is 7.05 Å². The minimum atomic E-state index is 1.01. The Balaban J connectivity index is 2.31. The zero-order valence-electron chi connectivity index (χ0n) is 11.7. The standard InChI is InChI=1S/C18H19N/c1-14-9-11-16(12-10-14)15(2)13-18(19-3)17-7-5-4-6-8-17/h4-13H,1-3H3/b15-13-,19-18?. The van der Waals surface area contributed by atoms with E-state index in [1.165, 1.54) is 16.7 Å². The van der Waals surface area contributed by atoms with E-state index in [1.807, 2.05) is 25.2 Å². The number of rotatable bonds is 3. The van der Waals surface area contributed by atoms with Gasteiger partial charge in [0, 0.05) is 7.05 Å². The number of allylic oxidation sites excluding steroid dienone is 2. The van der Waals surface area contributed by atoms with Gasteiger partial charge in [0.1, 0.15) is 0 Å². The maximum atomic E-state index is 4.38. The van der Waals surface area contributed by atoms with E-state index in [0.717, 1.165) is 11.3 Å². The Morgan fingerprint density at radius 3 is 2.11 bits per heavy atom. The Labute approximate surface area is 115 Å². The Morgan fingerprint density at radius 1 is 0.895 bits per heavy atom. The van der Waals surface area contributed by atoms with Gasteiger partial charge in [0.25, 0.3) is 0 Å². The van der Waals surface area contributed by atoms with E-state index in [2.05, 4.69) is 61.3 Å². The molecular weight excluding hydrogens is 230 g/mol. The zero-order chi connectivity index (χ0) is 13.7. The third-order valence-electron chi connectivity index (χ3n) is 3.17. The van der Waals surface area contributed by atoms with Crippen LogP contribution in [0.5, 0.6) is 0 Å². The Bertz CT molecular complexity index is 589. The van der Waals surface area contributed by atoms with E-state index < -0.39 is 0 Å². The molecule has 96 valence electrons. The fourth-order valence-electron chi connectivity index (χ4n) is 1.99. The molecule has 0 aliphatic heterocycles. The molecule has 0 aliphatic rings. The molecule has 0 atom stereocenters. The first-order chi connectivity index (χ1) is 9.20. The summed E-state index contributed by atoms with van der Waals surface area (Å²) in [4.78, 5) is 4.38. The Hall–Kier alpha value is -2.15. The van der Waals surface area contributed by atoms with Gasteiger partial charge in [-0.05, 0) is 36.6 Å². The minimum Gasteiger partial charge on any atom is -0.288 e. The number of aryl methyl sites for hydroxylation is 1. The third-order valence-corrected chi connectivity index (χ3v) is 3.17. The second-order valence-electron chi connectivity index (χ2n) is 4.67. The SMILES string of the molecule is CN=C(/C=C(/C)c1ccc(C)cc1)c1ccccc1. The van der Waals surface area contributed by atoms with Crippen LogP contribution in [0.3, 0.4) is 0 Å². The van der Waals surface area contributed by atoms with Gasteiger partial charge < -0.3 is 0 Å². The van der Waals surface area contributed by atoms with Crippen LogP contribution in [0.2, 0.25) is 0 Å². The summed E-state index contributed by atoms with van der Waals surface area (Å²) >= 11 is 0. The van der Waals surface area contributed by atoms with Gasteiger partial charge in [-0.25, -0.2) is 0 Å². The number of benzene rings is 2. The molecule has 2 aromatic rings. The first-order valence-electron chi connectivity index (χ1n) is 6.48. The largest absolute Gasteiger partial charge is 0.288 e. The smallest absolute Gasteiger partial charge is 0.0646 e. The molecule has 19 heavy (non-hydrogen) atoms. The van der Waals surface area contributed by atoms with Gasteiger partial charge in [-0.3, -0.25) is 4.99 Å². The molecule has 0 saturated heterocycles. The molecule has 0 saturated carbocycles. The van der Waals surface area contributed by atoms with Crippen molar-refractivity contribution in [3.63, 3.8) is 0 Å². The molecule has 0 amide bonds. The normalized spacial score (nSPS) is 12.6. The first-order valence-corrected chi connectivity index (χ1v) is 6.48. The minimum absolute atomic E-state index is 1.01. The summed E-state index contributed by atoms with van der Waals surface area (Å²) in [6.07, 6.45) is 2.14. The molecule has 0 aliphatic carbocycles. The van der Waals surface area contributed by atoms with Gasteiger partial charge >= 0.3 is 0 Å². The van der Waals surface area contributed by atoms with Crippen LogP contribution in [0.1, 0.15) is 23.6 Å². The lowest BCUT2D eigenvalue weighted by molar-refractivity contribution is 1.42. The Kier molecular flexibility index (Phi) is 4.30. The summed E-state index contributed by atoms with van der Waals surface area (Å²) in [7, 11) is 1.83. The van der Waals surface area contributed by atoms with Gasteiger partial charge in [-0.15, -0.1) is 0 Å². The highest BCUT2D eigenvalue weighted by Gasteiger charge is 2.01.